The minimum Gasteiger partial charge on any atom is -0.444 e. The fourth-order valence-electron chi connectivity index (χ4n) is 2.74. The van der Waals surface area contributed by atoms with Crippen LogP contribution in [-0.4, -0.2) is 43.8 Å². The second-order valence-electron chi connectivity index (χ2n) is 6.40. The van der Waals surface area contributed by atoms with E-state index in [1.165, 1.54) is 0 Å². The number of hydrogen-bond donors (Lipinski definition) is 2. The Morgan fingerprint density at radius 3 is 2.63 bits per heavy atom. The van der Waals surface area contributed by atoms with Gasteiger partial charge < -0.3 is 20.1 Å². The predicted molar refractivity (Wildman–Crippen MR) is 68.5 cm³/mol. The van der Waals surface area contributed by atoms with E-state index >= 15 is 0 Å². The first-order chi connectivity index (χ1) is 8.82. The van der Waals surface area contributed by atoms with Crippen LogP contribution in [0.5, 0.6) is 0 Å². The number of carbonyl (C=O) groups excluding carboxylic acids is 1. The van der Waals surface area contributed by atoms with Crippen LogP contribution in [0.4, 0.5) is 9.18 Å². The third-order valence-corrected chi connectivity index (χ3v) is 3.72. The number of halogens is 1. The Labute approximate surface area is 113 Å². The molecular formula is C13H23FN2O3. The van der Waals surface area contributed by atoms with E-state index in [0.29, 0.717) is 6.61 Å². The van der Waals surface area contributed by atoms with E-state index in [0.717, 1.165) is 25.9 Å². The first kappa shape index (κ1) is 14.5. The summed E-state index contributed by atoms with van der Waals surface area (Å²) in [5, 5.41) is 5.90. The third kappa shape index (κ3) is 3.36. The molecule has 0 saturated carbocycles. The fraction of sp³-hybridized carbons (Fsp3) is 0.923. The molecule has 0 aliphatic carbocycles. The van der Waals surface area contributed by atoms with Gasteiger partial charge in [0.2, 0.25) is 6.36 Å². The summed E-state index contributed by atoms with van der Waals surface area (Å²) in [5.41, 5.74) is -0.891. The van der Waals surface area contributed by atoms with Gasteiger partial charge in [-0.2, -0.15) is 0 Å². The van der Waals surface area contributed by atoms with E-state index < -0.39 is 24.1 Å². The van der Waals surface area contributed by atoms with Crippen LogP contribution in [0.1, 0.15) is 33.6 Å². The van der Waals surface area contributed by atoms with Crippen molar-refractivity contribution in [1.29, 1.82) is 0 Å². The Hall–Kier alpha value is -0.880. The van der Waals surface area contributed by atoms with E-state index in [2.05, 4.69) is 10.6 Å². The molecule has 6 heteroatoms. The minimum atomic E-state index is -1.45. The van der Waals surface area contributed by atoms with Crippen LogP contribution < -0.4 is 10.6 Å². The number of amides is 1. The van der Waals surface area contributed by atoms with Crippen LogP contribution in [0, 0.1) is 5.41 Å². The molecule has 2 rings (SSSR count). The zero-order valence-corrected chi connectivity index (χ0v) is 11.8. The van der Waals surface area contributed by atoms with Gasteiger partial charge in [0.1, 0.15) is 5.60 Å². The van der Waals surface area contributed by atoms with Crippen molar-refractivity contribution in [1.82, 2.24) is 10.6 Å². The zero-order chi connectivity index (χ0) is 14.1. The van der Waals surface area contributed by atoms with Gasteiger partial charge >= 0.3 is 6.09 Å². The molecule has 110 valence electrons. The van der Waals surface area contributed by atoms with Crippen molar-refractivity contribution in [3.63, 3.8) is 0 Å². The number of rotatable bonds is 1. The van der Waals surface area contributed by atoms with E-state index in [9.17, 15) is 9.18 Å². The number of piperidine rings is 1. The summed E-state index contributed by atoms with van der Waals surface area (Å²) in [6.45, 7) is 7.35. The maximum atomic E-state index is 13.9. The number of ether oxygens (including phenoxy) is 2. The molecular weight excluding hydrogens is 251 g/mol. The van der Waals surface area contributed by atoms with Gasteiger partial charge in [-0.15, -0.1) is 0 Å². The summed E-state index contributed by atoms with van der Waals surface area (Å²) in [6, 6.07) is -0.621. The van der Waals surface area contributed by atoms with Gasteiger partial charge in [0.15, 0.2) is 0 Å². The first-order valence-electron chi connectivity index (χ1n) is 6.78. The Morgan fingerprint density at radius 1 is 1.42 bits per heavy atom. The highest BCUT2D eigenvalue weighted by Crippen LogP contribution is 2.41. The number of nitrogens with one attached hydrogen (secondary N) is 2. The lowest BCUT2D eigenvalue weighted by Crippen LogP contribution is -2.54. The van der Waals surface area contributed by atoms with Crippen molar-refractivity contribution in [2.45, 2.75) is 51.6 Å². The Balaban J connectivity index is 2.01. The summed E-state index contributed by atoms with van der Waals surface area (Å²) >= 11 is 0. The lowest BCUT2D eigenvalue weighted by Gasteiger charge is -2.38. The van der Waals surface area contributed by atoms with Crippen LogP contribution >= 0.6 is 0 Å². The van der Waals surface area contributed by atoms with Gasteiger partial charge in [0, 0.05) is 5.41 Å². The smallest absolute Gasteiger partial charge is 0.408 e. The molecule has 2 saturated heterocycles. The molecule has 19 heavy (non-hydrogen) atoms. The molecule has 0 bridgehead atoms. The molecule has 0 aromatic heterocycles. The topological polar surface area (TPSA) is 59.6 Å². The van der Waals surface area contributed by atoms with Gasteiger partial charge in [0.05, 0.1) is 12.6 Å². The van der Waals surface area contributed by atoms with Crippen molar-refractivity contribution >= 4 is 6.09 Å². The maximum absolute atomic E-state index is 13.9. The van der Waals surface area contributed by atoms with E-state index in [1.807, 2.05) is 0 Å². The molecule has 2 atom stereocenters. The standard InChI is InChI=1S/C13H23FN2O3/c1-12(2,3)19-11(17)16-9-10(14)18-8-13(9)4-6-15-7-5-13/h9-10,15H,4-8H2,1-3H3,(H,16,17)/t9-,10-/m1/s1. The quantitative estimate of drug-likeness (QED) is 0.762. The normalized spacial score (nSPS) is 30.3. The predicted octanol–water partition coefficient (Wildman–Crippen LogP) is 1.58. The van der Waals surface area contributed by atoms with E-state index in [1.54, 1.807) is 20.8 Å². The highest BCUT2D eigenvalue weighted by Gasteiger charge is 2.51. The SMILES string of the molecule is CC(C)(C)OC(=O)N[C@@H]1[C@H](F)OCC12CCNCC2. The van der Waals surface area contributed by atoms with Crippen LogP contribution in [0.2, 0.25) is 0 Å². The lowest BCUT2D eigenvalue weighted by atomic mass is 9.75. The lowest BCUT2D eigenvalue weighted by molar-refractivity contribution is -0.00866. The summed E-state index contributed by atoms with van der Waals surface area (Å²) in [5.74, 6) is 0. The molecule has 2 aliphatic rings. The van der Waals surface area contributed by atoms with Gasteiger partial charge in [0.25, 0.3) is 0 Å². The summed E-state index contributed by atoms with van der Waals surface area (Å²) in [4.78, 5) is 11.8. The molecule has 0 aromatic carbocycles. The zero-order valence-electron chi connectivity index (χ0n) is 11.8. The van der Waals surface area contributed by atoms with Crippen molar-refractivity contribution in [2.75, 3.05) is 19.7 Å². The van der Waals surface area contributed by atoms with Crippen LogP contribution in [-0.2, 0) is 9.47 Å². The Kier molecular flexibility index (Phi) is 4.01. The Bertz CT molecular complexity index is 332. The molecule has 2 fully saturated rings. The molecule has 1 spiro atoms. The first-order valence-corrected chi connectivity index (χ1v) is 6.78. The Morgan fingerprint density at radius 2 is 2.05 bits per heavy atom. The van der Waals surface area contributed by atoms with E-state index in [4.69, 9.17) is 9.47 Å². The number of carbonyl (C=O) groups is 1. The molecule has 2 N–H and O–H groups in total. The number of hydrogen-bond acceptors (Lipinski definition) is 4. The van der Waals surface area contributed by atoms with Crippen molar-refractivity contribution < 1.29 is 18.7 Å². The highest BCUT2D eigenvalue weighted by atomic mass is 19.1. The third-order valence-electron chi connectivity index (χ3n) is 3.72. The van der Waals surface area contributed by atoms with Crippen LogP contribution in [0.25, 0.3) is 0 Å². The minimum absolute atomic E-state index is 0.304. The van der Waals surface area contributed by atoms with E-state index in [-0.39, 0.29) is 5.41 Å². The number of alkyl carbamates (subject to hydrolysis) is 1. The summed E-state index contributed by atoms with van der Waals surface area (Å²) < 4.78 is 24.2. The van der Waals surface area contributed by atoms with Crippen molar-refractivity contribution in [2.24, 2.45) is 5.41 Å². The molecule has 2 aliphatic heterocycles. The maximum Gasteiger partial charge on any atom is 0.408 e. The van der Waals surface area contributed by atoms with Crippen molar-refractivity contribution in [3.05, 3.63) is 0 Å². The van der Waals surface area contributed by atoms with Gasteiger partial charge in [-0.05, 0) is 46.7 Å². The number of alkyl halides is 1. The fourth-order valence-corrected chi connectivity index (χ4v) is 2.74. The second kappa shape index (κ2) is 5.25. The van der Waals surface area contributed by atoms with Gasteiger partial charge in [-0.3, -0.25) is 0 Å². The average molecular weight is 274 g/mol. The molecule has 5 nitrogen and oxygen atoms in total. The van der Waals surface area contributed by atoms with Crippen LogP contribution in [0.3, 0.4) is 0 Å². The average Bonchev–Trinajstić information content (AvgIpc) is 2.57. The molecule has 0 radical (unpaired) electrons. The summed E-state index contributed by atoms with van der Waals surface area (Å²) in [6.07, 6.45) is -0.434. The van der Waals surface area contributed by atoms with Gasteiger partial charge in [-0.1, -0.05) is 0 Å². The second-order valence-corrected chi connectivity index (χ2v) is 6.40. The molecule has 0 aromatic rings. The molecule has 1 amide bonds. The highest BCUT2D eigenvalue weighted by molar-refractivity contribution is 5.68. The van der Waals surface area contributed by atoms with Gasteiger partial charge in [-0.25, -0.2) is 9.18 Å². The molecule has 0 unspecified atom stereocenters. The largest absolute Gasteiger partial charge is 0.444 e. The van der Waals surface area contributed by atoms with Crippen molar-refractivity contribution in [3.8, 4) is 0 Å². The molecule has 2 heterocycles. The van der Waals surface area contributed by atoms with Crippen LogP contribution in [0.15, 0.2) is 0 Å². The monoisotopic (exact) mass is 274 g/mol. The summed E-state index contributed by atoms with van der Waals surface area (Å²) in [7, 11) is 0.